The molecule has 1 unspecified atom stereocenters. The fourth-order valence-electron chi connectivity index (χ4n) is 1.68. The third kappa shape index (κ3) is 1.20. The largest absolute Gasteiger partial charge is 0.201 e. The summed E-state index contributed by atoms with van der Waals surface area (Å²) in [7, 11) is 0. The average Bonchev–Trinajstić information content (AvgIpc) is 2.40. The molecule has 1 aliphatic carbocycles. The molecule has 1 aromatic heterocycles. The molecule has 2 heteroatoms. The van der Waals surface area contributed by atoms with Gasteiger partial charge in [-0.05, 0) is 41.8 Å². The fourth-order valence-corrected chi connectivity index (χ4v) is 2.53. The van der Waals surface area contributed by atoms with Crippen molar-refractivity contribution in [3.05, 3.63) is 16.6 Å². The smallest absolute Gasteiger partial charge is 0.0441 e. The molecular formula is C9H13NS. The lowest BCUT2D eigenvalue weighted by molar-refractivity contribution is 0.404. The van der Waals surface area contributed by atoms with E-state index in [1.54, 1.807) is 11.5 Å². The van der Waals surface area contributed by atoms with Crippen LogP contribution in [0.5, 0.6) is 0 Å². The molecule has 1 nitrogen and oxygen atoms in total. The van der Waals surface area contributed by atoms with E-state index in [4.69, 9.17) is 0 Å². The fraction of sp³-hybridized carbons (Fsp3) is 0.667. The minimum absolute atomic E-state index is 0.828. The molecule has 1 aliphatic rings. The maximum Gasteiger partial charge on any atom is 0.0441 e. The highest BCUT2D eigenvalue weighted by atomic mass is 32.1. The summed E-state index contributed by atoms with van der Waals surface area (Å²) in [6.45, 7) is 4.63. The highest BCUT2D eigenvalue weighted by molar-refractivity contribution is 7.05. The van der Waals surface area contributed by atoms with Crippen molar-refractivity contribution in [1.82, 2.24) is 4.37 Å². The highest BCUT2D eigenvalue weighted by Crippen LogP contribution is 2.33. The molecule has 0 amide bonds. The van der Waals surface area contributed by atoms with Gasteiger partial charge in [-0.2, -0.15) is 0 Å². The summed E-state index contributed by atoms with van der Waals surface area (Å²) in [5.41, 5.74) is 1.51. The normalized spacial score (nSPS) is 22.6. The average molecular weight is 167 g/mol. The molecule has 0 saturated carbocycles. The van der Waals surface area contributed by atoms with Crippen molar-refractivity contribution in [3.8, 4) is 0 Å². The standard InChI is InChI=1S/C9H13NS/c1-6(2)7-3-8-5-10-11-9(8)4-7/h5-7H,3-4H2,1-2H3. The summed E-state index contributed by atoms with van der Waals surface area (Å²) in [4.78, 5) is 1.53. The van der Waals surface area contributed by atoms with Crippen LogP contribution in [0.3, 0.4) is 0 Å². The van der Waals surface area contributed by atoms with Crippen LogP contribution in [-0.4, -0.2) is 4.37 Å². The quantitative estimate of drug-likeness (QED) is 0.626. The molecule has 0 spiro atoms. The molecule has 1 atom stereocenters. The van der Waals surface area contributed by atoms with Crippen molar-refractivity contribution < 1.29 is 0 Å². The Balaban J connectivity index is 2.16. The van der Waals surface area contributed by atoms with Gasteiger partial charge in [0.2, 0.25) is 0 Å². The SMILES string of the molecule is CC(C)C1Cc2cnsc2C1. The molecular weight excluding hydrogens is 154 g/mol. The maximum absolute atomic E-state index is 4.18. The summed E-state index contributed by atoms with van der Waals surface area (Å²) in [6.07, 6.45) is 4.59. The Labute approximate surface area is 71.6 Å². The van der Waals surface area contributed by atoms with Crippen molar-refractivity contribution >= 4 is 11.5 Å². The number of aromatic nitrogens is 1. The number of nitrogens with zero attached hydrogens (tertiary/aromatic N) is 1. The number of hydrogen-bond donors (Lipinski definition) is 0. The van der Waals surface area contributed by atoms with Gasteiger partial charge in [0.15, 0.2) is 0 Å². The molecule has 0 aromatic carbocycles. The molecule has 2 rings (SSSR count). The van der Waals surface area contributed by atoms with Gasteiger partial charge >= 0.3 is 0 Å². The summed E-state index contributed by atoms with van der Waals surface area (Å²) in [6, 6.07) is 0. The second-order valence-electron chi connectivity index (χ2n) is 3.69. The predicted molar refractivity (Wildman–Crippen MR) is 47.9 cm³/mol. The Morgan fingerprint density at radius 1 is 1.55 bits per heavy atom. The van der Waals surface area contributed by atoms with E-state index >= 15 is 0 Å². The molecule has 11 heavy (non-hydrogen) atoms. The first-order valence-corrected chi connectivity index (χ1v) is 4.97. The van der Waals surface area contributed by atoms with Crippen LogP contribution in [0, 0.1) is 11.8 Å². The van der Waals surface area contributed by atoms with Gasteiger partial charge in [-0.1, -0.05) is 13.8 Å². The Morgan fingerprint density at radius 2 is 2.36 bits per heavy atom. The topological polar surface area (TPSA) is 12.9 Å². The predicted octanol–water partition coefficient (Wildman–Crippen LogP) is 2.51. The molecule has 1 aromatic rings. The van der Waals surface area contributed by atoms with Crippen molar-refractivity contribution in [2.75, 3.05) is 0 Å². The van der Waals surface area contributed by atoms with Crippen molar-refractivity contribution in [2.45, 2.75) is 26.7 Å². The number of fused-ring (bicyclic) bond motifs is 1. The summed E-state index contributed by atoms with van der Waals surface area (Å²) >= 11 is 1.68. The lowest BCUT2D eigenvalue weighted by atomic mass is 9.94. The van der Waals surface area contributed by atoms with Gasteiger partial charge in [-0.3, -0.25) is 0 Å². The van der Waals surface area contributed by atoms with E-state index in [2.05, 4.69) is 18.2 Å². The van der Waals surface area contributed by atoms with Crippen molar-refractivity contribution in [2.24, 2.45) is 11.8 Å². The van der Waals surface area contributed by atoms with E-state index in [0.717, 1.165) is 11.8 Å². The van der Waals surface area contributed by atoms with E-state index in [1.807, 2.05) is 6.20 Å². The second kappa shape index (κ2) is 2.59. The summed E-state index contributed by atoms with van der Waals surface area (Å²) in [5, 5.41) is 0. The number of rotatable bonds is 1. The van der Waals surface area contributed by atoms with Gasteiger partial charge in [0.25, 0.3) is 0 Å². The van der Waals surface area contributed by atoms with Gasteiger partial charge in [0.1, 0.15) is 0 Å². The van der Waals surface area contributed by atoms with Crippen molar-refractivity contribution in [1.29, 1.82) is 0 Å². The van der Waals surface area contributed by atoms with Gasteiger partial charge in [0, 0.05) is 11.1 Å². The van der Waals surface area contributed by atoms with Crippen LogP contribution in [-0.2, 0) is 12.8 Å². The Hall–Kier alpha value is -0.370. The summed E-state index contributed by atoms with van der Waals surface area (Å²) in [5.74, 6) is 1.72. The zero-order valence-electron chi connectivity index (χ0n) is 7.00. The monoisotopic (exact) mass is 167 g/mol. The molecule has 0 N–H and O–H groups in total. The van der Waals surface area contributed by atoms with E-state index in [9.17, 15) is 0 Å². The van der Waals surface area contributed by atoms with Crippen LogP contribution in [0.2, 0.25) is 0 Å². The molecule has 60 valence electrons. The van der Waals surface area contributed by atoms with Crippen LogP contribution >= 0.6 is 11.5 Å². The van der Waals surface area contributed by atoms with Crippen LogP contribution in [0.25, 0.3) is 0 Å². The third-order valence-corrected chi connectivity index (χ3v) is 3.46. The minimum atomic E-state index is 0.828. The Bertz CT molecular complexity index is 231. The second-order valence-corrected chi connectivity index (χ2v) is 4.57. The zero-order valence-corrected chi connectivity index (χ0v) is 7.82. The van der Waals surface area contributed by atoms with E-state index in [0.29, 0.717) is 0 Å². The summed E-state index contributed by atoms with van der Waals surface area (Å²) < 4.78 is 4.18. The Morgan fingerprint density at radius 3 is 3.00 bits per heavy atom. The van der Waals surface area contributed by atoms with Gasteiger partial charge < -0.3 is 0 Å². The zero-order chi connectivity index (χ0) is 7.84. The van der Waals surface area contributed by atoms with E-state index in [1.165, 1.54) is 23.3 Å². The van der Waals surface area contributed by atoms with E-state index in [-0.39, 0.29) is 0 Å². The molecule has 0 bridgehead atoms. The van der Waals surface area contributed by atoms with Crippen LogP contribution < -0.4 is 0 Å². The first kappa shape index (κ1) is 7.29. The van der Waals surface area contributed by atoms with Crippen LogP contribution in [0.15, 0.2) is 6.20 Å². The number of hydrogen-bond acceptors (Lipinski definition) is 2. The van der Waals surface area contributed by atoms with Crippen molar-refractivity contribution in [3.63, 3.8) is 0 Å². The highest BCUT2D eigenvalue weighted by Gasteiger charge is 2.25. The van der Waals surface area contributed by atoms with E-state index < -0.39 is 0 Å². The first-order valence-electron chi connectivity index (χ1n) is 4.20. The lowest BCUT2D eigenvalue weighted by Crippen LogP contribution is -2.07. The maximum atomic E-state index is 4.18. The Kier molecular flexibility index (Phi) is 1.72. The van der Waals surface area contributed by atoms with Crippen LogP contribution in [0.4, 0.5) is 0 Å². The van der Waals surface area contributed by atoms with Gasteiger partial charge in [0.05, 0.1) is 0 Å². The van der Waals surface area contributed by atoms with Gasteiger partial charge in [-0.15, -0.1) is 0 Å². The molecule has 0 fully saturated rings. The molecule has 1 heterocycles. The molecule has 0 aliphatic heterocycles. The third-order valence-electron chi connectivity index (χ3n) is 2.60. The minimum Gasteiger partial charge on any atom is -0.201 e. The van der Waals surface area contributed by atoms with Gasteiger partial charge in [-0.25, -0.2) is 4.37 Å². The first-order chi connectivity index (χ1) is 5.27. The van der Waals surface area contributed by atoms with Crippen LogP contribution in [0.1, 0.15) is 24.3 Å². The lowest BCUT2D eigenvalue weighted by Gasteiger charge is -2.12. The molecule has 0 radical (unpaired) electrons. The molecule has 0 saturated heterocycles.